The first-order chi connectivity index (χ1) is 10.7. The molecule has 0 aliphatic carbocycles. The summed E-state index contributed by atoms with van der Waals surface area (Å²) >= 11 is 0. The number of nitro groups is 1. The number of rotatable bonds is 6. The smallest absolute Gasteiger partial charge is 0.270 e. The minimum Gasteiger partial charge on any atom is -0.369 e. The molecule has 0 saturated carbocycles. The first-order valence-electron chi connectivity index (χ1n) is 6.01. The molecular weight excluding hydrogens is 326 g/mol. The first kappa shape index (κ1) is 20.0. The lowest BCUT2D eigenvalue weighted by Crippen LogP contribution is -2.24. The minimum absolute atomic E-state index is 0.0263. The third-order valence-electron chi connectivity index (χ3n) is 2.12. The summed E-state index contributed by atoms with van der Waals surface area (Å²) < 4.78 is 25.4. The predicted molar refractivity (Wildman–Crippen MR) is 77.9 cm³/mol. The molecule has 3 N–H and O–H groups in total. The van der Waals surface area contributed by atoms with Crippen molar-refractivity contribution in [3.63, 3.8) is 0 Å². The van der Waals surface area contributed by atoms with Crippen molar-refractivity contribution in [2.24, 2.45) is 5.73 Å². The number of nitrogens with one attached hydrogen (secondary N) is 1. The maximum atomic E-state index is 11.6. The molecule has 0 fully saturated rings. The second-order valence-electron chi connectivity index (χ2n) is 3.86. The Labute approximate surface area is 132 Å². The number of nitrogens with two attached hydrogens (primary N) is 1. The lowest BCUT2D eigenvalue weighted by Gasteiger charge is -2.04. The highest BCUT2D eigenvalue weighted by Crippen LogP contribution is 2.16. The van der Waals surface area contributed by atoms with E-state index >= 15 is 0 Å². The molecule has 23 heavy (non-hydrogen) atoms. The standard InChI is InChI=1S/C9H9N3O4S.C3H4N2O/c10-5-2-6-11-17(15,16)9-4-1-3-8(7-9)12(13)14;4-2-1-3(5)6/h1,3-4,7,11H,2,6H2;1H2,(H2,5,6). The van der Waals surface area contributed by atoms with Crippen molar-refractivity contribution in [3.05, 3.63) is 34.4 Å². The topological polar surface area (TPSA) is 180 Å². The molecule has 11 heteroatoms. The van der Waals surface area contributed by atoms with Crippen LogP contribution in [0, 0.1) is 32.8 Å². The van der Waals surface area contributed by atoms with Gasteiger partial charge in [-0.3, -0.25) is 14.9 Å². The Morgan fingerprint density at radius 2 is 2.00 bits per heavy atom. The second-order valence-corrected chi connectivity index (χ2v) is 5.63. The lowest BCUT2D eigenvalue weighted by atomic mass is 10.3. The van der Waals surface area contributed by atoms with Crippen molar-refractivity contribution in [3.8, 4) is 12.1 Å². The summed E-state index contributed by atoms with van der Waals surface area (Å²) in [6.07, 6.45) is -0.145. The fourth-order valence-electron chi connectivity index (χ4n) is 1.17. The van der Waals surface area contributed by atoms with Crippen molar-refractivity contribution in [2.75, 3.05) is 6.54 Å². The summed E-state index contributed by atoms with van der Waals surface area (Å²) in [4.78, 5) is 19.2. The van der Waals surface area contributed by atoms with E-state index in [4.69, 9.17) is 10.5 Å². The summed E-state index contributed by atoms with van der Waals surface area (Å²) in [5, 5.41) is 26.4. The summed E-state index contributed by atoms with van der Waals surface area (Å²) in [6.45, 7) is -0.0263. The molecule has 0 spiro atoms. The Hall–Kier alpha value is -3.02. The van der Waals surface area contributed by atoms with E-state index in [1.807, 2.05) is 0 Å². The van der Waals surface area contributed by atoms with Crippen molar-refractivity contribution in [1.82, 2.24) is 4.72 Å². The van der Waals surface area contributed by atoms with Crippen LogP contribution in [0.5, 0.6) is 0 Å². The number of sulfonamides is 1. The highest BCUT2D eigenvalue weighted by Gasteiger charge is 2.16. The molecule has 1 aromatic rings. The van der Waals surface area contributed by atoms with Crippen LogP contribution in [0.1, 0.15) is 12.8 Å². The average molecular weight is 339 g/mol. The SMILES string of the molecule is N#CCC(N)=O.N#CCCNS(=O)(=O)c1cccc([N+](=O)[O-])c1. The van der Waals surface area contributed by atoms with Gasteiger partial charge in [-0.25, -0.2) is 13.1 Å². The zero-order chi connectivity index (χ0) is 17.9. The number of carbonyl (C=O) groups excluding carboxylic acids is 1. The van der Waals surface area contributed by atoms with E-state index < -0.39 is 20.9 Å². The first-order valence-corrected chi connectivity index (χ1v) is 7.49. The van der Waals surface area contributed by atoms with E-state index in [1.165, 1.54) is 18.2 Å². The van der Waals surface area contributed by atoms with Crippen LogP contribution in [0.15, 0.2) is 29.2 Å². The molecule has 0 aliphatic heterocycles. The zero-order valence-electron chi connectivity index (χ0n) is 11.8. The predicted octanol–water partition coefficient (Wildman–Crippen LogP) is 0.172. The van der Waals surface area contributed by atoms with Crippen LogP contribution in [0.25, 0.3) is 0 Å². The normalized spacial score (nSPS) is 9.65. The molecule has 0 aromatic heterocycles. The maximum absolute atomic E-state index is 11.6. The number of benzene rings is 1. The molecule has 1 aromatic carbocycles. The molecule has 0 radical (unpaired) electrons. The molecule has 122 valence electrons. The fraction of sp³-hybridized carbons (Fsp3) is 0.250. The number of amides is 1. The quantitative estimate of drug-likeness (QED) is 0.421. The number of hydrogen-bond acceptors (Lipinski definition) is 7. The Kier molecular flexibility index (Phi) is 8.54. The second kappa shape index (κ2) is 9.83. The van der Waals surface area contributed by atoms with Crippen LogP contribution in [0.3, 0.4) is 0 Å². The van der Waals surface area contributed by atoms with Crippen LogP contribution >= 0.6 is 0 Å². The number of carbonyl (C=O) groups is 1. The Morgan fingerprint density at radius 1 is 1.35 bits per heavy atom. The van der Waals surface area contributed by atoms with Gasteiger partial charge in [0.25, 0.3) is 5.69 Å². The van der Waals surface area contributed by atoms with E-state index in [2.05, 4.69) is 10.5 Å². The van der Waals surface area contributed by atoms with Gasteiger partial charge in [0.15, 0.2) is 0 Å². The highest BCUT2D eigenvalue weighted by atomic mass is 32.2. The van der Waals surface area contributed by atoms with Crippen molar-refractivity contribution < 1.29 is 18.1 Å². The van der Waals surface area contributed by atoms with Crippen molar-refractivity contribution in [2.45, 2.75) is 17.7 Å². The van der Waals surface area contributed by atoms with Crippen molar-refractivity contribution >= 4 is 21.6 Å². The molecule has 0 unspecified atom stereocenters. The summed E-state index contributed by atoms with van der Waals surface area (Å²) in [7, 11) is -3.79. The van der Waals surface area contributed by atoms with Gasteiger partial charge in [0.1, 0.15) is 6.42 Å². The van der Waals surface area contributed by atoms with Gasteiger partial charge in [0.2, 0.25) is 15.9 Å². The number of nitriles is 2. The van der Waals surface area contributed by atoms with Gasteiger partial charge in [-0.15, -0.1) is 0 Å². The summed E-state index contributed by atoms with van der Waals surface area (Å²) in [5.41, 5.74) is 4.24. The van der Waals surface area contributed by atoms with Gasteiger partial charge < -0.3 is 5.73 Å². The number of hydrogen-bond donors (Lipinski definition) is 2. The van der Waals surface area contributed by atoms with Crippen LogP contribution < -0.4 is 10.5 Å². The molecule has 0 heterocycles. The molecule has 10 nitrogen and oxygen atoms in total. The minimum atomic E-state index is -3.79. The molecular formula is C12H13N5O5S. The Bertz CT molecular complexity index is 748. The third kappa shape index (κ3) is 8.11. The van der Waals surface area contributed by atoms with Gasteiger partial charge in [-0.2, -0.15) is 10.5 Å². The monoisotopic (exact) mass is 339 g/mol. The van der Waals surface area contributed by atoms with Crippen LogP contribution in [-0.2, 0) is 14.8 Å². The maximum Gasteiger partial charge on any atom is 0.270 e. The molecule has 1 rings (SSSR count). The van der Waals surface area contributed by atoms with E-state index in [9.17, 15) is 23.3 Å². The van der Waals surface area contributed by atoms with E-state index in [0.717, 1.165) is 6.07 Å². The van der Waals surface area contributed by atoms with Crippen LogP contribution in [0.4, 0.5) is 5.69 Å². The molecule has 0 bridgehead atoms. The molecule has 0 saturated heterocycles. The fourth-order valence-corrected chi connectivity index (χ4v) is 2.24. The van der Waals surface area contributed by atoms with Gasteiger partial charge >= 0.3 is 0 Å². The van der Waals surface area contributed by atoms with Crippen LogP contribution in [-0.4, -0.2) is 25.8 Å². The lowest BCUT2D eigenvalue weighted by molar-refractivity contribution is -0.385. The van der Waals surface area contributed by atoms with E-state index in [-0.39, 0.29) is 30.0 Å². The number of nitrogens with zero attached hydrogens (tertiary/aromatic N) is 3. The Balaban J connectivity index is 0.000000688. The molecule has 0 aliphatic rings. The number of primary amides is 1. The van der Waals surface area contributed by atoms with Gasteiger partial charge in [0, 0.05) is 25.1 Å². The largest absolute Gasteiger partial charge is 0.369 e. The van der Waals surface area contributed by atoms with Gasteiger partial charge in [-0.05, 0) is 6.07 Å². The number of nitro benzene ring substituents is 1. The summed E-state index contributed by atoms with van der Waals surface area (Å²) in [5.74, 6) is -0.572. The summed E-state index contributed by atoms with van der Waals surface area (Å²) in [6, 6.07) is 8.09. The molecule has 0 atom stereocenters. The average Bonchev–Trinajstić information content (AvgIpc) is 2.48. The highest BCUT2D eigenvalue weighted by molar-refractivity contribution is 7.89. The van der Waals surface area contributed by atoms with Crippen molar-refractivity contribution in [1.29, 1.82) is 10.5 Å². The van der Waals surface area contributed by atoms with Gasteiger partial charge in [0.05, 0.1) is 22.0 Å². The third-order valence-corrected chi connectivity index (χ3v) is 3.58. The number of non-ortho nitro benzene ring substituents is 1. The van der Waals surface area contributed by atoms with E-state index in [0.29, 0.717) is 0 Å². The Morgan fingerprint density at radius 3 is 2.43 bits per heavy atom. The van der Waals surface area contributed by atoms with E-state index in [1.54, 1.807) is 12.1 Å². The zero-order valence-corrected chi connectivity index (χ0v) is 12.6. The van der Waals surface area contributed by atoms with Gasteiger partial charge in [-0.1, -0.05) is 6.07 Å². The van der Waals surface area contributed by atoms with Crippen LogP contribution in [0.2, 0.25) is 0 Å². The molecule has 1 amide bonds.